The highest BCUT2D eigenvalue weighted by Crippen LogP contribution is 2.21. The fourth-order valence-electron chi connectivity index (χ4n) is 3.68. The molecule has 1 N–H and O–H groups in total. The third-order valence-corrected chi connectivity index (χ3v) is 4.72. The second-order valence-electron chi connectivity index (χ2n) is 5.97. The van der Waals surface area contributed by atoms with Crippen LogP contribution in [0.3, 0.4) is 0 Å². The maximum atomic E-state index is 12.4. The first-order valence-corrected chi connectivity index (χ1v) is 7.61. The van der Waals surface area contributed by atoms with Gasteiger partial charge in [-0.1, -0.05) is 0 Å². The van der Waals surface area contributed by atoms with Crippen molar-refractivity contribution in [2.24, 2.45) is 0 Å². The van der Waals surface area contributed by atoms with Crippen molar-refractivity contribution in [2.45, 2.75) is 50.6 Å². The summed E-state index contributed by atoms with van der Waals surface area (Å²) >= 11 is 0. The lowest BCUT2D eigenvalue weighted by Crippen LogP contribution is -2.52. The molecule has 0 radical (unpaired) electrons. The Labute approximate surface area is 134 Å². The number of nitrogens with one attached hydrogen (secondary N) is 1. The van der Waals surface area contributed by atoms with E-state index in [1.807, 2.05) is 0 Å². The van der Waals surface area contributed by atoms with E-state index in [4.69, 9.17) is 0 Å². The Morgan fingerprint density at radius 3 is 2.35 bits per heavy atom. The van der Waals surface area contributed by atoms with Crippen LogP contribution in [0, 0.1) is 0 Å². The minimum absolute atomic E-state index is 0. The van der Waals surface area contributed by atoms with Crippen molar-refractivity contribution < 1.29 is 4.79 Å². The van der Waals surface area contributed by atoms with Gasteiger partial charge in [-0.15, -0.1) is 24.8 Å². The number of carbonyl (C=O) groups excluding carboxylic acids is 1. The Bertz CT molecular complexity index is 305. The third kappa shape index (κ3) is 4.00. The molecule has 0 bridgehead atoms. The average Bonchev–Trinajstić information content (AvgIpc) is 3.11. The maximum absolute atomic E-state index is 12.4. The number of halogens is 2. The zero-order valence-electron chi connectivity index (χ0n) is 12.1. The van der Waals surface area contributed by atoms with E-state index in [1.54, 1.807) is 0 Å². The molecular formula is C14H27Cl2N3O. The molecule has 6 heteroatoms. The van der Waals surface area contributed by atoms with Crippen LogP contribution in [0.15, 0.2) is 0 Å². The maximum Gasteiger partial charge on any atom is 0.239 e. The van der Waals surface area contributed by atoms with E-state index in [-0.39, 0.29) is 30.9 Å². The van der Waals surface area contributed by atoms with Crippen molar-refractivity contribution in [1.82, 2.24) is 15.1 Å². The van der Waals surface area contributed by atoms with Gasteiger partial charge in [0.2, 0.25) is 5.91 Å². The quantitative estimate of drug-likeness (QED) is 0.839. The van der Waals surface area contributed by atoms with Crippen LogP contribution in [0.5, 0.6) is 0 Å². The molecule has 3 heterocycles. The van der Waals surface area contributed by atoms with Gasteiger partial charge in [0.1, 0.15) is 0 Å². The number of likely N-dealkylation sites (tertiary alicyclic amines) is 2. The number of piperidine rings is 1. The predicted molar refractivity (Wildman–Crippen MR) is 85.9 cm³/mol. The van der Waals surface area contributed by atoms with Crippen LogP contribution in [0.4, 0.5) is 0 Å². The van der Waals surface area contributed by atoms with Crippen molar-refractivity contribution in [3.63, 3.8) is 0 Å². The summed E-state index contributed by atoms with van der Waals surface area (Å²) in [6.45, 7) is 5.45. The van der Waals surface area contributed by atoms with Crippen LogP contribution in [0.1, 0.15) is 38.5 Å². The summed E-state index contributed by atoms with van der Waals surface area (Å²) in [7, 11) is 0. The second kappa shape index (κ2) is 8.42. The molecule has 3 fully saturated rings. The number of nitrogens with zero attached hydrogens (tertiary/aromatic N) is 2. The Kier molecular flexibility index (Phi) is 7.59. The number of rotatable bonds is 2. The van der Waals surface area contributed by atoms with Crippen molar-refractivity contribution >= 4 is 30.7 Å². The summed E-state index contributed by atoms with van der Waals surface area (Å²) in [4.78, 5) is 17.1. The first-order valence-electron chi connectivity index (χ1n) is 7.61. The van der Waals surface area contributed by atoms with Crippen LogP contribution in [0.2, 0.25) is 0 Å². The molecule has 3 aliphatic heterocycles. The summed E-state index contributed by atoms with van der Waals surface area (Å²) in [5.74, 6) is 0.358. The van der Waals surface area contributed by atoms with Gasteiger partial charge in [-0.3, -0.25) is 9.69 Å². The Morgan fingerprint density at radius 1 is 0.950 bits per heavy atom. The minimum Gasteiger partial charge on any atom is -0.340 e. The molecule has 4 nitrogen and oxygen atoms in total. The summed E-state index contributed by atoms with van der Waals surface area (Å²) in [5, 5.41) is 3.33. The lowest BCUT2D eigenvalue weighted by molar-refractivity contribution is -0.135. The fourth-order valence-corrected chi connectivity index (χ4v) is 3.68. The van der Waals surface area contributed by atoms with Crippen LogP contribution < -0.4 is 5.32 Å². The Hall–Kier alpha value is -0.0300. The number of amides is 1. The number of carbonyl (C=O) groups is 1. The molecule has 0 aliphatic carbocycles. The summed E-state index contributed by atoms with van der Waals surface area (Å²) in [6, 6.07) is 0.744. The third-order valence-electron chi connectivity index (χ3n) is 4.72. The van der Waals surface area contributed by atoms with Gasteiger partial charge < -0.3 is 10.2 Å². The highest BCUT2D eigenvalue weighted by molar-refractivity contribution is 5.85. The van der Waals surface area contributed by atoms with Gasteiger partial charge in [0.25, 0.3) is 0 Å². The minimum atomic E-state index is 0. The van der Waals surface area contributed by atoms with Crippen LogP contribution in [-0.4, -0.2) is 60.5 Å². The molecule has 3 aliphatic rings. The summed E-state index contributed by atoms with van der Waals surface area (Å²) in [6.07, 6.45) is 7.33. The van der Waals surface area contributed by atoms with Gasteiger partial charge in [-0.25, -0.2) is 0 Å². The Balaban J connectivity index is 0.000001000. The second-order valence-corrected chi connectivity index (χ2v) is 5.97. The van der Waals surface area contributed by atoms with E-state index in [0.717, 1.165) is 32.5 Å². The standard InChI is InChI=1S/C14H25N3O.2ClH/c18-14(13-6-3-7-15-13)17-10-4-5-12(11-17)16-8-1-2-9-16;;/h12-13,15H,1-11H2;2*1H/t12?,13-;;/m0../s1. The van der Waals surface area contributed by atoms with Crippen LogP contribution in [-0.2, 0) is 4.79 Å². The zero-order chi connectivity index (χ0) is 12.4. The lowest BCUT2D eigenvalue weighted by Gasteiger charge is -2.38. The Morgan fingerprint density at radius 2 is 1.70 bits per heavy atom. The van der Waals surface area contributed by atoms with Crippen molar-refractivity contribution in [2.75, 3.05) is 32.7 Å². The van der Waals surface area contributed by atoms with Gasteiger partial charge in [0.15, 0.2) is 0 Å². The molecule has 0 saturated carbocycles. The molecule has 1 unspecified atom stereocenters. The van der Waals surface area contributed by atoms with Crippen molar-refractivity contribution in [3.05, 3.63) is 0 Å². The molecule has 20 heavy (non-hydrogen) atoms. The first-order chi connectivity index (χ1) is 8.84. The van der Waals surface area contributed by atoms with E-state index in [9.17, 15) is 4.79 Å². The predicted octanol–water partition coefficient (Wildman–Crippen LogP) is 1.67. The fraction of sp³-hybridized carbons (Fsp3) is 0.929. The van der Waals surface area contributed by atoms with E-state index in [0.29, 0.717) is 11.9 Å². The molecule has 0 aromatic heterocycles. The first kappa shape index (κ1) is 18.0. The molecule has 0 aromatic carbocycles. The SMILES string of the molecule is Cl.Cl.O=C([C@@H]1CCCN1)N1CCCC(N2CCCC2)C1. The highest BCUT2D eigenvalue weighted by atomic mass is 35.5. The molecule has 0 aromatic rings. The largest absolute Gasteiger partial charge is 0.340 e. The molecule has 118 valence electrons. The van der Waals surface area contributed by atoms with Gasteiger partial charge >= 0.3 is 0 Å². The normalized spacial score (nSPS) is 30.7. The number of hydrogen-bond donors (Lipinski definition) is 1. The molecule has 3 rings (SSSR count). The monoisotopic (exact) mass is 323 g/mol. The molecule has 3 saturated heterocycles. The van der Waals surface area contributed by atoms with E-state index in [1.165, 1.54) is 38.8 Å². The molecule has 2 atom stereocenters. The average molecular weight is 324 g/mol. The van der Waals surface area contributed by atoms with Crippen molar-refractivity contribution in [3.8, 4) is 0 Å². The summed E-state index contributed by atoms with van der Waals surface area (Å²) in [5.41, 5.74) is 0. The van der Waals surface area contributed by atoms with Crippen molar-refractivity contribution in [1.29, 1.82) is 0 Å². The van der Waals surface area contributed by atoms with E-state index in [2.05, 4.69) is 15.1 Å². The topological polar surface area (TPSA) is 35.6 Å². The van der Waals surface area contributed by atoms with Crippen LogP contribution in [0.25, 0.3) is 0 Å². The highest BCUT2D eigenvalue weighted by Gasteiger charge is 2.32. The van der Waals surface area contributed by atoms with Gasteiger partial charge in [0.05, 0.1) is 6.04 Å². The molecule has 0 spiro atoms. The van der Waals surface area contributed by atoms with Gasteiger partial charge in [-0.2, -0.15) is 0 Å². The molecular weight excluding hydrogens is 297 g/mol. The van der Waals surface area contributed by atoms with E-state index >= 15 is 0 Å². The molecule has 1 amide bonds. The lowest BCUT2D eigenvalue weighted by atomic mass is 10.0. The van der Waals surface area contributed by atoms with Crippen LogP contribution >= 0.6 is 24.8 Å². The summed E-state index contributed by atoms with van der Waals surface area (Å²) < 4.78 is 0. The zero-order valence-corrected chi connectivity index (χ0v) is 13.7. The number of hydrogen-bond acceptors (Lipinski definition) is 3. The smallest absolute Gasteiger partial charge is 0.239 e. The van der Waals surface area contributed by atoms with Gasteiger partial charge in [-0.05, 0) is 58.2 Å². The van der Waals surface area contributed by atoms with E-state index < -0.39 is 0 Å². The van der Waals surface area contributed by atoms with Gasteiger partial charge in [0, 0.05) is 19.1 Å².